The molecular weight excluding hydrogens is 348 g/mol. The van der Waals surface area contributed by atoms with E-state index in [1.807, 2.05) is 0 Å². The van der Waals surface area contributed by atoms with Crippen LogP contribution in [0.4, 0.5) is 0 Å². The van der Waals surface area contributed by atoms with E-state index in [4.69, 9.17) is 14.2 Å². The summed E-state index contributed by atoms with van der Waals surface area (Å²) in [6.07, 6.45) is 0. The van der Waals surface area contributed by atoms with Crippen LogP contribution in [0.1, 0.15) is 13.8 Å². The van der Waals surface area contributed by atoms with Crippen LogP contribution in [0.2, 0.25) is 0 Å². The molecule has 1 heterocycles. The Balaban J connectivity index is 2.15. The van der Waals surface area contributed by atoms with E-state index in [0.717, 1.165) is 0 Å². The second-order valence-electron chi connectivity index (χ2n) is 5.93. The van der Waals surface area contributed by atoms with Gasteiger partial charge in [-0.3, -0.25) is 4.79 Å². The molecule has 1 amide bonds. The summed E-state index contributed by atoms with van der Waals surface area (Å²) in [4.78, 5) is 12.3. The molecule has 0 unspecified atom stereocenters. The first-order chi connectivity index (χ1) is 11.8. The van der Waals surface area contributed by atoms with Crippen molar-refractivity contribution in [3.8, 4) is 11.5 Å². The van der Waals surface area contributed by atoms with Gasteiger partial charge in [0, 0.05) is 19.7 Å². The van der Waals surface area contributed by atoms with Crippen molar-refractivity contribution in [2.24, 2.45) is 5.92 Å². The third kappa shape index (κ3) is 5.07. The second-order valence-corrected chi connectivity index (χ2v) is 7.65. The molecule has 1 aliphatic rings. The van der Waals surface area contributed by atoms with Crippen molar-refractivity contribution in [1.82, 2.24) is 10.0 Å². The number of fused-ring (bicyclic) bond motifs is 1. The van der Waals surface area contributed by atoms with Crippen LogP contribution in [-0.2, 0) is 19.6 Å². The number of carbonyl (C=O) groups excluding carboxylic acids is 1. The zero-order chi connectivity index (χ0) is 18.4. The van der Waals surface area contributed by atoms with Crippen LogP contribution in [-0.4, -0.2) is 53.8 Å². The maximum absolute atomic E-state index is 12.7. The number of rotatable bonds is 8. The fourth-order valence-corrected chi connectivity index (χ4v) is 3.66. The van der Waals surface area contributed by atoms with Gasteiger partial charge in [-0.2, -0.15) is 4.72 Å². The summed E-state index contributed by atoms with van der Waals surface area (Å²) in [5.41, 5.74) is 0. The number of hydrogen-bond donors (Lipinski definition) is 2. The van der Waals surface area contributed by atoms with Gasteiger partial charge in [0.1, 0.15) is 19.3 Å². The number of nitrogens with one attached hydrogen (secondary N) is 2. The summed E-state index contributed by atoms with van der Waals surface area (Å²) in [5, 5.41) is 2.65. The molecule has 140 valence electrons. The largest absolute Gasteiger partial charge is 0.486 e. The Kier molecular flexibility index (Phi) is 6.63. The van der Waals surface area contributed by atoms with Gasteiger partial charge in [0.2, 0.25) is 15.9 Å². The standard InChI is InChI=1S/C16H24N2O6S/c1-11(2)15(16(19)17-6-7-22-3)18-25(20,21)12-4-5-13-14(10-12)24-9-8-23-13/h4-5,10-11,15,18H,6-9H2,1-3H3,(H,17,19)/t15-/m1/s1. The predicted octanol–water partition coefficient (Wildman–Crippen LogP) is 0.523. The van der Waals surface area contributed by atoms with Crippen molar-refractivity contribution >= 4 is 15.9 Å². The minimum absolute atomic E-state index is 0.0205. The van der Waals surface area contributed by atoms with Crippen molar-refractivity contribution in [3.63, 3.8) is 0 Å². The highest BCUT2D eigenvalue weighted by molar-refractivity contribution is 7.89. The number of ether oxygens (including phenoxy) is 3. The highest BCUT2D eigenvalue weighted by atomic mass is 32.2. The summed E-state index contributed by atoms with van der Waals surface area (Å²) in [7, 11) is -2.37. The van der Waals surface area contributed by atoms with Crippen LogP contribution in [0.25, 0.3) is 0 Å². The van der Waals surface area contributed by atoms with Crippen molar-refractivity contribution in [2.45, 2.75) is 24.8 Å². The van der Waals surface area contributed by atoms with Gasteiger partial charge in [-0.25, -0.2) is 8.42 Å². The topological polar surface area (TPSA) is 103 Å². The summed E-state index contributed by atoms with van der Waals surface area (Å²) in [6.45, 7) is 4.99. The average molecular weight is 372 g/mol. The Morgan fingerprint density at radius 2 is 1.92 bits per heavy atom. The van der Waals surface area contributed by atoms with Crippen LogP contribution < -0.4 is 19.5 Å². The fraction of sp³-hybridized carbons (Fsp3) is 0.562. The molecule has 0 fully saturated rings. The van der Waals surface area contributed by atoms with Crippen LogP contribution in [0.15, 0.2) is 23.1 Å². The van der Waals surface area contributed by atoms with Crippen molar-refractivity contribution < 1.29 is 27.4 Å². The minimum Gasteiger partial charge on any atom is -0.486 e. The first-order valence-corrected chi connectivity index (χ1v) is 9.52. The smallest absolute Gasteiger partial charge is 0.241 e. The van der Waals surface area contributed by atoms with Gasteiger partial charge >= 0.3 is 0 Å². The molecular formula is C16H24N2O6S. The Morgan fingerprint density at radius 1 is 1.24 bits per heavy atom. The SMILES string of the molecule is COCCNC(=O)[C@H](NS(=O)(=O)c1ccc2c(c1)OCCO2)C(C)C. The molecule has 1 aromatic rings. The molecule has 0 aliphatic carbocycles. The van der Waals surface area contributed by atoms with Crippen LogP contribution in [0.3, 0.4) is 0 Å². The quantitative estimate of drug-likeness (QED) is 0.645. The summed E-state index contributed by atoms with van der Waals surface area (Å²) < 4.78 is 43.5. The maximum Gasteiger partial charge on any atom is 0.241 e. The first-order valence-electron chi connectivity index (χ1n) is 8.04. The van der Waals surface area contributed by atoms with Crippen LogP contribution in [0.5, 0.6) is 11.5 Å². The Labute approximate surface area is 147 Å². The molecule has 0 saturated carbocycles. The molecule has 0 bridgehead atoms. The lowest BCUT2D eigenvalue weighted by molar-refractivity contribution is -0.123. The van der Waals surface area contributed by atoms with Crippen LogP contribution >= 0.6 is 0 Å². The molecule has 2 rings (SSSR count). The molecule has 8 nitrogen and oxygen atoms in total. The predicted molar refractivity (Wildman–Crippen MR) is 91.3 cm³/mol. The van der Waals surface area contributed by atoms with Gasteiger partial charge < -0.3 is 19.5 Å². The van der Waals surface area contributed by atoms with E-state index in [2.05, 4.69) is 10.0 Å². The van der Waals surface area contributed by atoms with E-state index in [1.54, 1.807) is 19.9 Å². The second kappa shape index (κ2) is 8.50. The summed E-state index contributed by atoms with van der Waals surface area (Å²) >= 11 is 0. The first kappa shape index (κ1) is 19.5. The van der Waals surface area contributed by atoms with Gasteiger partial charge in [0.25, 0.3) is 0 Å². The number of benzene rings is 1. The zero-order valence-electron chi connectivity index (χ0n) is 14.6. The van der Waals surface area contributed by atoms with E-state index in [-0.39, 0.29) is 10.8 Å². The van der Waals surface area contributed by atoms with Gasteiger partial charge in [0.15, 0.2) is 11.5 Å². The number of carbonyl (C=O) groups is 1. The minimum atomic E-state index is -3.89. The highest BCUT2D eigenvalue weighted by Crippen LogP contribution is 2.32. The Hall–Kier alpha value is -1.84. The third-order valence-corrected chi connectivity index (χ3v) is 5.10. The van der Waals surface area contributed by atoms with Crippen LogP contribution in [0, 0.1) is 5.92 Å². The van der Waals surface area contributed by atoms with Crippen molar-refractivity contribution in [2.75, 3.05) is 33.5 Å². The zero-order valence-corrected chi connectivity index (χ0v) is 15.4. The number of sulfonamides is 1. The van der Waals surface area contributed by atoms with Gasteiger partial charge in [-0.15, -0.1) is 0 Å². The Bertz CT molecular complexity index is 705. The molecule has 0 aromatic heterocycles. The monoisotopic (exact) mass is 372 g/mol. The molecule has 2 N–H and O–H groups in total. The molecule has 9 heteroatoms. The molecule has 0 spiro atoms. The molecule has 1 aliphatic heterocycles. The third-order valence-electron chi connectivity index (χ3n) is 3.66. The lowest BCUT2D eigenvalue weighted by Crippen LogP contribution is -2.50. The number of amides is 1. The van der Waals surface area contributed by atoms with E-state index in [1.165, 1.54) is 19.2 Å². The summed E-state index contributed by atoms with van der Waals surface area (Å²) in [6, 6.07) is 3.48. The lowest BCUT2D eigenvalue weighted by Gasteiger charge is -2.22. The Morgan fingerprint density at radius 3 is 2.56 bits per heavy atom. The van der Waals surface area contributed by atoms with Crippen molar-refractivity contribution in [1.29, 1.82) is 0 Å². The molecule has 1 atom stereocenters. The summed E-state index contributed by atoms with van der Waals surface area (Å²) in [5.74, 6) is 0.255. The molecule has 0 saturated heterocycles. The normalized spacial score (nSPS) is 15.0. The molecule has 25 heavy (non-hydrogen) atoms. The number of methoxy groups -OCH3 is 1. The van der Waals surface area contributed by atoms with E-state index < -0.39 is 22.0 Å². The molecule has 0 radical (unpaired) electrons. The van der Waals surface area contributed by atoms with Gasteiger partial charge in [-0.1, -0.05) is 13.8 Å². The maximum atomic E-state index is 12.7. The highest BCUT2D eigenvalue weighted by Gasteiger charge is 2.29. The number of hydrogen-bond acceptors (Lipinski definition) is 6. The lowest BCUT2D eigenvalue weighted by atomic mass is 10.1. The average Bonchev–Trinajstić information content (AvgIpc) is 2.59. The van der Waals surface area contributed by atoms with Crippen molar-refractivity contribution in [3.05, 3.63) is 18.2 Å². The fourth-order valence-electron chi connectivity index (χ4n) is 2.30. The van der Waals surface area contributed by atoms with E-state index in [0.29, 0.717) is 37.9 Å². The molecule has 1 aromatic carbocycles. The van der Waals surface area contributed by atoms with E-state index >= 15 is 0 Å². The van der Waals surface area contributed by atoms with Gasteiger partial charge in [-0.05, 0) is 18.1 Å². The van der Waals surface area contributed by atoms with E-state index in [9.17, 15) is 13.2 Å². The van der Waals surface area contributed by atoms with Gasteiger partial charge in [0.05, 0.1) is 11.5 Å².